The van der Waals surface area contributed by atoms with Crippen molar-refractivity contribution in [1.29, 1.82) is 0 Å². The molecule has 0 aromatic heterocycles. The van der Waals surface area contributed by atoms with Gasteiger partial charge >= 0.3 is 0 Å². The Bertz CT molecular complexity index is 8.00. The zero-order valence-electron chi connectivity index (χ0n) is 2.40. The van der Waals surface area contributed by atoms with E-state index >= 15 is 0 Å². The van der Waals surface area contributed by atoms with Crippen molar-refractivity contribution in [2.75, 3.05) is 0 Å². The summed E-state index contributed by atoms with van der Waals surface area (Å²) >= 11 is 0. The maximum atomic E-state index is 0. The van der Waals surface area contributed by atoms with Gasteiger partial charge in [0.05, 0.1) is 0 Å². The van der Waals surface area contributed by atoms with Gasteiger partial charge in [-0.05, 0) is 0 Å². The summed E-state index contributed by atoms with van der Waals surface area (Å²) in [4.78, 5) is 0. The third-order valence-electron chi connectivity index (χ3n) is 0. The van der Waals surface area contributed by atoms with E-state index in [1.807, 2.05) is 0 Å². The Labute approximate surface area is 84.7 Å². The molecule has 0 unspecified atom stereocenters. The molecule has 20 valence electrons. The van der Waals surface area contributed by atoms with Gasteiger partial charge in [0.2, 0.25) is 0 Å². The monoisotopic (exact) mass is 160 g/mol. The van der Waals surface area contributed by atoms with Crippen molar-refractivity contribution in [2.24, 2.45) is 0 Å². The summed E-state index contributed by atoms with van der Waals surface area (Å²) in [6.45, 7) is 0. The first-order valence-electron chi connectivity index (χ1n) is 0. The molecule has 0 bridgehead atoms. The molecule has 0 aromatic rings. The van der Waals surface area contributed by atoms with Crippen molar-refractivity contribution in [3.05, 3.63) is 0 Å². The van der Waals surface area contributed by atoms with Gasteiger partial charge in [-0.3, -0.25) is 0 Å². The van der Waals surface area contributed by atoms with Gasteiger partial charge in [-0.15, -0.1) is 0 Å². The molecule has 4 radical (unpaired) electrons. The van der Waals surface area contributed by atoms with Crippen LogP contribution in [0.15, 0.2) is 0 Å². The van der Waals surface area contributed by atoms with E-state index in [2.05, 4.69) is 0 Å². The molecule has 0 aromatic carbocycles. The minimum atomic E-state index is 0. The van der Waals surface area contributed by atoms with Gasteiger partial charge in [0.25, 0.3) is 0 Å². The normalized spacial score (nSPS) is 0. The molecular weight excluding hydrogens is 161 g/mol. The fraction of sp³-hybridized carbons (Fsp3) is 0. The zero-order chi connectivity index (χ0) is 0. The van der Waals surface area contributed by atoms with Crippen LogP contribution in [0, 0.1) is 0 Å². The number of rotatable bonds is 0. The van der Waals surface area contributed by atoms with Gasteiger partial charge < -0.3 is 0 Å². The zero-order valence-corrected chi connectivity index (χ0v) is 7.98. The quantitative estimate of drug-likeness (QED) is 0.409. The van der Waals surface area contributed by atoms with E-state index in [0.717, 1.165) is 0 Å². The molecule has 0 aliphatic heterocycles. The third kappa shape index (κ3) is 8.84. The molecule has 0 rings (SSSR count). The van der Waals surface area contributed by atoms with E-state index < -0.39 is 0 Å². The van der Waals surface area contributed by atoms with Crippen LogP contribution < -0.4 is 0 Å². The van der Waals surface area contributed by atoms with Crippen molar-refractivity contribution < 1.29 is 33.6 Å². The number of hydrogen-bond donors (Lipinski definition) is 0. The minimum Gasteiger partial charge on any atom is 0 e. The van der Waals surface area contributed by atoms with Crippen LogP contribution >= 0.6 is 0 Å². The van der Waals surface area contributed by atoms with Gasteiger partial charge in [0, 0.05) is 86.2 Å². The molecule has 0 nitrogen and oxygen atoms in total. The second-order valence-corrected chi connectivity index (χ2v) is 0. The summed E-state index contributed by atoms with van der Waals surface area (Å²) in [7, 11) is 0. The van der Waals surface area contributed by atoms with E-state index in [-0.39, 0.29) is 86.2 Å². The smallest absolute Gasteiger partial charge is 0 e. The summed E-state index contributed by atoms with van der Waals surface area (Å²) in [5, 5.41) is 0. The van der Waals surface area contributed by atoms with Crippen molar-refractivity contribution in [3.8, 4) is 0 Å². The molecule has 0 heterocycles. The topological polar surface area (TPSA) is 0 Å². The van der Waals surface area contributed by atoms with Gasteiger partial charge in [-0.1, -0.05) is 0 Å². The van der Waals surface area contributed by atoms with Crippen LogP contribution in [0.25, 0.3) is 0 Å². The Balaban J connectivity index is 0. The average molecular weight is 161 g/mol. The SMILES string of the molecule is [Mg].[Mn].[Na].[Ni]. The van der Waals surface area contributed by atoms with Crippen molar-refractivity contribution in [1.82, 2.24) is 0 Å². The molecule has 0 amide bonds. The first-order chi connectivity index (χ1) is 0. The van der Waals surface area contributed by atoms with Gasteiger partial charge in [-0.25, -0.2) is 0 Å². The molecule has 4 heavy (non-hydrogen) atoms. The van der Waals surface area contributed by atoms with E-state index in [1.165, 1.54) is 0 Å². The standard InChI is InChI=1S/Mg.Mn.Na.Ni. The molecular formula is MgMnNaNi. The van der Waals surface area contributed by atoms with Crippen molar-refractivity contribution >= 4 is 52.6 Å². The van der Waals surface area contributed by atoms with E-state index in [9.17, 15) is 0 Å². The fourth-order valence-electron chi connectivity index (χ4n) is 0. The Morgan fingerprint density at radius 3 is 1.00 bits per heavy atom. The molecule has 0 atom stereocenters. The number of hydrogen-bond acceptors (Lipinski definition) is 0. The Kier molecular flexibility index (Phi) is 125. The summed E-state index contributed by atoms with van der Waals surface area (Å²) in [6.07, 6.45) is 0. The summed E-state index contributed by atoms with van der Waals surface area (Å²) in [5.41, 5.74) is 0. The summed E-state index contributed by atoms with van der Waals surface area (Å²) in [6, 6.07) is 0. The largest absolute Gasteiger partial charge is 0 e. The van der Waals surface area contributed by atoms with Gasteiger partial charge in [0.1, 0.15) is 0 Å². The molecule has 0 aliphatic carbocycles. The third-order valence-corrected chi connectivity index (χ3v) is 0. The Morgan fingerprint density at radius 2 is 1.00 bits per heavy atom. The van der Waals surface area contributed by atoms with Crippen molar-refractivity contribution in [3.63, 3.8) is 0 Å². The molecule has 4 heteroatoms. The summed E-state index contributed by atoms with van der Waals surface area (Å²) in [5.74, 6) is 0. The van der Waals surface area contributed by atoms with Crippen LogP contribution in [0.5, 0.6) is 0 Å². The molecule has 0 spiro atoms. The second kappa shape index (κ2) is 17.1. The molecule has 0 saturated carbocycles. The predicted molar refractivity (Wildman–Crippen MR) is 11.5 cm³/mol. The Hall–Kier alpha value is 2.78. The first-order valence-corrected chi connectivity index (χ1v) is 0. The van der Waals surface area contributed by atoms with E-state index in [0.29, 0.717) is 0 Å². The van der Waals surface area contributed by atoms with Crippen LogP contribution in [0.3, 0.4) is 0 Å². The van der Waals surface area contributed by atoms with Crippen LogP contribution in [-0.4, -0.2) is 52.6 Å². The van der Waals surface area contributed by atoms with Crippen LogP contribution in [-0.2, 0) is 33.6 Å². The van der Waals surface area contributed by atoms with E-state index in [4.69, 9.17) is 0 Å². The Morgan fingerprint density at radius 1 is 1.00 bits per heavy atom. The molecule has 0 fully saturated rings. The summed E-state index contributed by atoms with van der Waals surface area (Å²) < 4.78 is 0. The van der Waals surface area contributed by atoms with Crippen LogP contribution in [0.2, 0.25) is 0 Å². The average Bonchev–Trinajstić information content (AvgIpc) is 0. The van der Waals surface area contributed by atoms with Crippen molar-refractivity contribution in [2.45, 2.75) is 0 Å². The predicted octanol–water partition coefficient (Wildman–Crippen LogP) is -0.767. The fourth-order valence-corrected chi connectivity index (χ4v) is 0. The minimum absolute atomic E-state index is 0. The maximum absolute atomic E-state index is 0. The second-order valence-electron chi connectivity index (χ2n) is 0. The molecule has 0 aliphatic rings. The molecule has 0 N–H and O–H groups in total. The van der Waals surface area contributed by atoms with E-state index in [1.54, 1.807) is 0 Å². The van der Waals surface area contributed by atoms with Crippen LogP contribution in [0.1, 0.15) is 0 Å². The first kappa shape index (κ1) is 29.3. The molecule has 0 saturated heterocycles. The van der Waals surface area contributed by atoms with Gasteiger partial charge in [0.15, 0.2) is 0 Å². The van der Waals surface area contributed by atoms with Gasteiger partial charge in [-0.2, -0.15) is 0 Å². The maximum Gasteiger partial charge on any atom is 0 e. The van der Waals surface area contributed by atoms with Crippen LogP contribution in [0.4, 0.5) is 0 Å².